The quantitative estimate of drug-likeness (QED) is 0.666. The van der Waals surface area contributed by atoms with Gasteiger partial charge >= 0.3 is 0 Å². The van der Waals surface area contributed by atoms with Crippen molar-refractivity contribution in [2.45, 2.75) is 0 Å². The molecule has 0 aliphatic heterocycles. The van der Waals surface area contributed by atoms with Crippen molar-refractivity contribution in [1.82, 2.24) is 15.2 Å². The lowest BCUT2D eigenvalue weighted by Crippen LogP contribution is -1.90. The number of aromatic nitrogens is 3. The molecule has 0 aliphatic carbocycles. The highest BCUT2D eigenvalue weighted by Crippen LogP contribution is 2.19. The molecule has 0 aromatic carbocycles. The molecule has 0 saturated heterocycles. The van der Waals surface area contributed by atoms with E-state index in [9.17, 15) is 0 Å². The summed E-state index contributed by atoms with van der Waals surface area (Å²) >= 11 is 0. The largest absolute Gasteiger partial charge is 0.464 e. The number of H-pyrrole nitrogens is 1. The Labute approximate surface area is 85.1 Å². The zero-order valence-electron chi connectivity index (χ0n) is 7.77. The van der Waals surface area contributed by atoms with E-state index in [0.717, 1.165) is 22.5 Å². The molecule has 0 spiro atoms. The Morgan fingerprint density at radius 2 is 2.33 bits per heavy atom. The van der Waals surface area contributed by atoms with Gasteiger partial charge in [-0.15, -0.1) is 0 Å². The summed E-state index contributed by atoms with van der Waals surface area (Å²) < 4.78 is 5.27. The van der Waals surface area contributed by atoms with Crippen LogP contribution in [0.1, 0.15) is 0 Å². The monoisotopic (exact) mass is 200 g/mol. The Morgan fingerprint density at radius 1 is 1.33 bits per heavy atom. The van der Waals surface area contributed by atoms with Gasteiger partial charge in [0.1, 0.15) is 11.4 Å². The third-order valence-corrected chi connectivity index (χ3v) is 2.11. The zero-order valence-corrected chi connectivity index (χ0v) is 7.77. The third kappa shape index (κ3) is 1.43. The maximum absolute atomic E-state index is 5.27. The molecule has 0 unspecified atom stereocenters. The van der Waals surface area contributed by atoms with E-state index < -0.39 is 0 Å². The highest BCUT2D eigenvalue weighted by molar-refractivity contribution is 5.79. The predicted octanol–water partition coefficient (Wildman–Crippen LogP) is 2.29. The molecular weight excluding hydrogens is 192 g/mol. The van der Waals surface area contributed by atoms with E-state index in [-0.39, 0.29) is 0 Å². The van der Waals surface area contributed by atoms with Crippen LogP contribution in [0.5, 0.6) is 0 Å². The van der Waals surface area contributed by atoms with Crippen molar-refractivity contribution < 1.29 is 4.42 Å². The minimum atomic E-state index is 0.735. The van der Waals surface area contributed by atoms with E-state index in [1.807, 2.05) is 12.1 Å². The number of aromatic amines is 1. The van der Waals surface area contributed by atoms with Gasteiger partial charge in [0.25, 0.3) is 0 Å². The molecule has 5 nitrogen and oxygen atoms in total. The Hall–Kier alpha value is -2.30. The summed E-state index contributed by atoms with van der Waals surface area (Å²) in [6.07, 6.45) is 6.86. The number of fused-ring (bicyclic) bond motifs is 1. The summed E-state index contributed by atoms with van der Waals surface area (Å²) in [6.45, 7) is 0. The van der Waals surface area contributed by atoms with Crippen LogP contribution in [0, 0.1) is 0 Å². The lowest BCUT2D eigenvalue weighted by molar-refractivity contribution is 0.616. The summed E-state index contributed by atoms with van der Waals surface area (Å²) in [6, 6.07) is 3.73. The van der Waals surface area contributed by atoms with Gasteiger partial charge < -0.3 is 9.73 Å². The number of rotatable bonds is 2. The molecule has 0 saturated carbocycles. The lowest BCUT2D eigenvalue weighted by Gasteiger charge is -2.00. The number of nitrogens with zero attached hydrogens (tertiary/aromatic N) is 2. The number of nitrogens with one attached hydrogen (secondary N) is 2. The Balaban J connectivity index is 1.97. The summed E-state index contributed by atoms with van der Waals surface area (Å²) in [4.78, 5) is 4.24. The molecule has 0 bridgehead atoms. The number of anilines is 2. The highest BCUT2D eigenvalue weighted by atomic mass is 16.3. The summed E-state index contributed by atoms with van der Waals surface area (Å²) in [7, 11) is 0. The first-order valence-electron chi connectivity index (χ1n) is 4.51. The van der Waals surface area contributed by atoms with E-state index >= 15 is 0 Å². The summed E-state index contributed by atoms with van der Waals surface area (Å²) in [5.41, 5.74) is 1.68. The molecule has 0 fully saturated rings. The van der Waals surface area contributed by atoms with Gasteiger partial charge in [0.2, 0.25) is 0 Å². The standard InChI is InChI=1S/C10H8N4O/c1-2-15-9-3-10(11-4-7(1)9)14-8-5-12-13-6-8/h1-6H,(H,11,14)(H,12,13). The van der Waals surface area contributed by atoms with Gasteiger partial charge in [0.05, 0.1) is 18.1 Å². The van der Waals surface area contributed by atoms with Crippen LogP contribution < -0.4 is 5.32 Å². The fraction of sp³-hybridized carbons (Fsp3) is 0. The SMILES string of the molecule is c1cc2cnc(Nc3cn[nH]c3)cc2o1. The third-order valence-electron chi connectivity index (χ3n) is 2.11. The van der Waals surface area contributed by atoms with Crippen LogP contribution >= 0.6 is 0 Å². The van der Waals surface area contributed by atoms with Gasteiger partial charge in [-0.25, -0.2) is 4.98 Å². The molecule has 3 aromatic rings. The van der Waals surface area contributed by atoms with Crippen molar-refractivity contribution in [2.75, 3.05) is 5.32 Å². The first-order valence-corrected chi connectivity index (χ1v) is 4.51. The van der Waals surface area contributed by atoms with E-state index in [0.29, 0.717) is 0 Å². The molecule has 3 heterocycles. The molecule has 0 radical (unpaired) electrons. The van der Waals surface area contributed by atoms with E-state index in [1.54, 1.807) is 24.9 Å². The second-order valence-corrected chi connectivity index (χ2v) is 3.14. The minimum Gasteiger partial charge on any atom is -0.464 e. The minimum absolute atomic E-state index is 0.735. The van der Waals surface area contributed by atoms with E-state index in [4.69, 9.17) is 4.42 Å². The van der Waals surface area contributed by atoms with E-state index in [1.165, 1.54) is 0 Å². The van der Waals surface area contributed by atoms with Crippen molar-refractivity contribution in [1.29, 1.82) is 0 Å². The molecule has 0 aliphatic rings. The molecule has 5 heteroatoms. The molecule has 0 atom stereocenters. The zero-order chi connectivity index (χ0) is 10.1. The van der Waals surface area contributed by atoms with Crippen molar-refractivity contribution in [3.63, 3.8) is 0 Å². The van der Waals surface area contributed by atoms with Crippen LogP contribution in [0.25, 0.3) is 11.0 Å². The van der Waals surface area contributed by atoms with Crippen molar-refractivity contribution in [2.24, 2.45) is 0 Å². The van der Waals surface area contributed by atoms with Gasteiger partial charge in [0, 0.05) is 23.8 Å². The van der Waals surface area contributed by atoms with Gasteiger partial charge in [-0.3, -0.25) is 5.10 Å². The molecule has 2 N–H and O–H groups in total. The van der Waals surface area contributed by atoms with Gasteiger partial charge in [-0.2, -0.15) is 5.10 Å². The fourth-order valence-electron chi connectivity index (χ4n) is 1.39. The topological polar surface area (TPSA) is 66.7 Å². The highest BCUT2D eigenvalue weighted by Gasteiger charge is 2.01. The van der Waals surface area contributed by atoms with Crippen molar-refractivity contribution >= 4 is 22.5 Å². The Morgan fingerprint density at radius 3 is 3.20 bits per heavy atom. The molecule has 0 amide bonds. The smallest absolute Gasteiger partial charge is 0.139 e. The maximum atomic E-state index is 5.27. The second-order valence-electron chi connectivity index (χ2n) is 3.14. The fourth-order valence-corrected chi connectivity index (χ4v) is 1.39. The van der Waals surface area contributed by atoms with Crippen LogP contribution in [0.3, 0.4) is 0 Å². The average molecular weight is 200 g/mol. The Kier molecular flexibility index (Phi) is 1.68. The normalized spacial score (nSPS) is 10.7. The Bertz CT molecular complexity index is 570. The molecule has 74 valence electrons. The van der Waals surface area contributed by atoms with Gasteiger partial charge in [-0.1, -0.05) is 0 Å². The maximum Gasteiger partial charge on any atom is 0.139 e. The number of hydrogen-bond donors (Lipinski definition) is 2. The summed E-state index contributed by atoms with van der Waals surface area (Å²) in [5, 5.41) is 10.6. The summed E-state index contributed by atoms with van der Waals surface area (Å²) in [5.74, 6) is 0.735. The van der Waals surface area contributed by atoms with E-state index in [2.05, 4.69) is 20.5 Å². The van der Waals surface area contributed by atoms with Crippen LogP contribution in [0.15, 0.2) is 41.4 Å². The van der Waals surface area contributed by atoms with Crippen LogP contribution in [0.2, 0.25) is 0 Å². The lowest BCUT2D eigenvalue weighted by atomic mass is 10.3. The van der Waals surface area contributed by atoms with Crippen LogP contribution in [-0.2, 0) is 0 Å². The van der Waals surface area contributed by atoms with Gasteiger partial charge in [-0.05, 0) is 6.07 Å². The first kappa shape index (κ1) is 8.05. The first-order chi connectivity index (χ1) is 7.42. The molecule has 3 rings (SSSR count). The van der Waals surface area contributed by atoms with Crippen LogP contribution in [0.4, 0.5) is 11.5 Å². The molecule has 15 heavy (non-hydrogen) atoms. The van der Waals surface area contributed by atoms with Gasteiger partial charge in [0.15, 0.2) is 0 Å². The second kappa shape index (κ2) is 3.13. The average Bonchev–Trinajstić information content (AvgIpc) is 2.87. The van der Waals surface area contributed by atoms with Crippen molar-refractivity contribution in [3.8, 4) is 0 Å². The number of hydrogen-bond acceptors (Lipinski definition) is 4. The van der Waals surface area contributed by atoms with Crippen LogP contribution in [-0.4, -0.2) is 15.2 Å². The predicted molar refractivity (Wildman–Crippen MR) is 55.9 cm³/mol. The number of furan rings is 1. The number of pyridine rings is 1. The molecular formula is C10H8N4O. The molecule has 3 aromatic heterocycles. The van der Waals surface area contributed by atoms with Crippen molar-refractivity contribution in [3.05, 3.63) is 37.0 Å².